The smallest absolute Gasteiger partial charge is 0.204 e. The number of hydrogen-bond donors (Lipinski definition) is 1. The average molecular weight is 281 g/mol. The molecule has 3 rings (SSSR count). The summed E-state index contributed by atoms with van der Waals surface area (Å²) in [6, 6.07) is 18.6. The monoisotopic (exact) mass is 281 g/mol. The maximum atomic E-state index is 5.10. The Morgan fingerprint density at radius 3 is 2.62 bits per heavy atom. The van der Waals surface area contributed by atoms with Gasteiger partial charge in [-0.05, 0) is 17.7 Å². The third-order valence-corrected chi connectivity index (χ3v) is 3.43. The van der Waals surface area contributed by atoms with E-state index in [2.05, 4.69) is 45.2 Å². The second-order valence-electron chi connectivity index (χ2n) is 4.92. The van der Waals surface area contributed by atoms with Crippen molar-refractivity contribution in [2.24, 2.45) is 0 Å². The highest BCUT2D eigenvalue weighted by molar-refractivity contribution is 5.78. The van der Waals surface area contributed by atoms with E-state index in [0.29, 0.717) is 6.61 Å². The van der Waals surface area contributed by atoms with Crippen molar-refractivity contribution in [2.75, 3.05) is 25.6 Å². The fourth-order valence-corrected chi connectivity index (χ4v) is 2.40. The zero-order valence-electron chi connectivity index (χ0n) is 12.1. The summed E-state index contributed by atoms with van der Waals surface area (Å²) in [6.45, 7) is 2.21. The molecule has 2 aromatic carbocycles. The molecule has 0 saturated carbocycles. The molecule has 4 nitrogen and oxygen atoms in total. The summed E-state index contributed by atoms with van der Waals surface area (Å²) in [6.07, 6.45) is 0. The van der Waals surface area contributed by atoms with E-state index in [9.17, 15) is 0 Å². The first-order valence-electron chi connectivity index (χ1n) is 7.10. The summed E-state index contributed by atoms with van der Waals surface area (Å²) in [5.41, 5.74) is 3.41. The van der Waals surface area contributed by atoms with Gasteiger partial charge in [0.05, 0.1) is 24.2 Å². The molecule has 0 spiro atoms. The minimum absolute atomic E-state index is 0.661. The van der Waals surface area contributed by atoms with Crippen molar-refractivity contribution in [3.05, 3.63) is 60.2 Å². The van der Waals surface area contributed by atoms with E-state index >= 15 is 0 Å². The SMILES string of the molecule is COCCNc1nc2ccccc2n1Cc1ccccc1. The Hall–Kier alpha value is -2.33. The van der Waals surface area contributed by atoms with E-state index < -0.39 is 0 Å². The lowest BCUT2D eigenvalue weighted by Crippen LogP contribution is -2.13. The maximum Gasteiger partial charge on any atom is 0.204 e. The topological polar surface area (TPSA) is 39.1 Å². The molecular weight excluding hydrogens is 262 g/mol. The molecular formula is C17H19N3O. The molecule has 21 heavy (non-hydrogen) atoms. The predicted molar refractivity (Wildman–Crippen MR) is 85.6 cm³/mol. The third kappa shape index (κ3) is 3.06. The molecule has 0 aliphatic rings. The molecule has 108 valence electrons. The van der Waals surface area contributed by atoms with Crippen LogP contribution in [0.15, 0.2) is 54.6 Å². The molecule has 1 heterocycles. The van der Waals surface area contributed by atoms with Crippen LogP contribution in [-0.4, -0.2) is 29.8 Å². The van der Waals surface area contributed by atoms with Crippen LogP contribution in [0.3, 0.4) is 0 Å². The van der Waals surface area contributed by atoms with Crippen LogP contribution in [0.25, 0.3) is 11.0 Å². The number of fused-ring (bicyclic) bond motifs is 1. The second-order valence-corrected chi connectivity index (χ2v) is 4.92. The normalized spacial score (nSPS) is 10.9. The van der Waals surface area contributed by atoms with E-state index in [1.165, 1.54) is 5.56 Å². The number of imidazole rings is 1. The Bertz CT molecular complexity index is 706. The first kappa shape index (κ1) is 13.6. The van der Waals surface area contributed by atoms with Crippen LogP contribution in [0.2, 0.25) is 0 Å². The van der Waals surface area contributed by atoms with Gasteiger partial charge in [-0.3, -0.25) is 0 Å². The van der Waals surface area contributed by atoms with Crippen LogP contribution in [0, 0.1) is 0 Å². The van der Waals surface area contributed by atoms with E-state index in [-0.39, 0.29) is 0 Å². The van der Waals surface area contributed by atoms with Crippen LogP contribution >= 0.6 is 0 Å². The largest absolute Gasteiger partial charge is 0.383 e. The van der Waals surface area contributed by atoms with Gasteiger partial charge in [0.15, 0.2) is 0 Å². The highest BCUT2D eigenvalue weighted by atomic mass is 16.5. The molecule has 1 N–H and O–H groups in total. The number of nitrogens with one attached hydrogen (secondary N) is 1. The molecule has 4 heteroatoms. The molecule has 0 atom stereocenters. The van der Waals surface area contributed by atoms with Crippen molar-refractivity contribution in [3.8, 4) is 0 Å². The molecule has 0 bridgehead atoms. The standard InChI is InChI=1S/C17H19N3O/c1-21-12-11-18-17-19-15-9-5-6-10-16(15)20(17)13-14-7-3-2-4-8-14/h2-10H,11-13H2,1H3,(H,18,19). The van der Waals surface area contributed by atoms with E-state index in [0.717, 1.165) is 30.1 Å². The molecule has 0 fully saturated rings. The number of hydrogen-bond acceptors (Lipinski definition) is 3. The van der Waals surface area contributed by atoms with Gasteiger partial charge in [0.2, 0.25) is 5.95 Å². The van der Waals surface area contributed by atoms with Gasteiger partial charge in [0, 0.05) is 13.7 Å². The average Bonchev–Trinajstić information content (AvgIpc) is 2.87. The van der Waals surface area contributed by atoms with Crippen molar-refractivity contribution in [1.82, 2.24) is 9.55 Å². The Labute approximate surface area is 124 Å². The molecule has 1 aromatic heterocycles. The van der Waals surface area contributed by atoms with Crippen LogP contribution < -0.4 is 5.32 Å². The van der Waals surface area contributed by atoms with E-state index in [1.807, 2.05) is 24.3 Å². The summed E-state index contributed by atoms with van der Waals surface area (Å²) in [4.78, 5) is 4.68. The number of nitrogens with zero attached hydrogens (tertiary/aromatic N) is 2. The lowest BCUT2D eigenvalue weighted by Gasteiger charge is -2.10. The van der Waals surface area contributed by atoms with Crippen molar-refractivity contribution in [3.63, 3.8) is 0 Å². The van der Waals surface area contributed by atoms with Gasteiger partial charge >= 0.3 is 0 Å². The molecule has 3 aromatic rings. The minimum Gasteiger partial charge on any atom is -0.383 e. The number of ether oxygens (including phenoxy) is 1. The van der Waals surface area contributed by atoms with Crippen LogP contribution in [0.4, 0.5) is 5.95 Å². The lowest BCUT2D eigenvalue weighted by molar-refractivity contribution is 0.210. The zero-order chi connectivity index (χ0) is 14.5. The van der Waals surface area contributed by atoms with Crippen LogP contribution in [0.5, 0.6) is 0 Å². The summed E-state index contributed by atoms with van der Waals surface area (Å²) in [5.74, 6) is 0.886. The van der Waals surface area contributed by atoms with Gasteiger partial charge in [-0.2, -0.15) is 0 Å². The van der Waals surface area contributed by atoms with Gasteiger partial charge in [0.1, 0.15) is 0 Å². The summed E-state index contributed by atoms with van der Waals surface area (Å²) < 4.78 is 7.30. The molecule has 0 unspecified atom stereocenters. The first-order chi connectivity index (χ1) is 10.4. The minimum atomic E-state index is 0.661. The number of rotatable bonds is 6. The van der Waals surface area contributed by atoms with E-state index in [4.69, 9.17) is 4.74 Å². The van der Waals surface area contributed by atoms with Gasteiger partial charge < -0.3 is 14.6 Å². The van der Waals surface area contributed by atoms with Crippen molar-refractivity contribution in [1.29, 1.82) is 0 Å². The third-order valence-electron chi connectivity index (χ3n) is 3.43. The Kier molecular flexibility index (Phi) is 4.17. The zero-order valence-corrected chi connectivity index (χ0v) is 12.1. The highest BCUT2D eigenvalue weighted by Crippen LogP contribution is 2.21. The van der Waals surface area contributed by atoms with Gasteiger partial charge in [0.25, 0.3) is 0 Å². The number of benzene rings is 2. The summed E-state index contributed by atoms with van der Waals surface area (Å²) in [5, 5.41) is 3.35. The fourth-order valence-electron chi connectivity index (χ4n) is 2.40. The van der Waals surface area contributed by atoms with Gasteiger partial charge in [-0.25, -0.2) is 4.98 Å². The highest BCUT2D eigenvalue weighted by Gasteiger charge is 2.10. The Balaban J connectivity index is 1.95. The quantitative estimate of drug-likeness (QED) is 0.705. The van der Waals surface area contributed by atoms with Gasteiger partial charge in [-0.15, -0.1) is 0 Å². The Morgan fingerprint density at radius 1 is 1.05 bits per heavy atom. The number of methoxy groups -OCH3 is 1. The number of aromatic nitrogens is 2. The molecule has 0 saturated heterocycles. The molecule has 0 aliphatic carbocycles. The summed E-state index contributed by atoms with van der Waals surface area (Å²) in [7, 11) is 1.70. The van der Waals surface area contributed by atoms with Crippen LogP contribution in [0.1, 0.15) is 5.56 Å². The second kappa shape index (κ2) is 6.41. The van der Waals surface area contributed by atoms with Crippen molar-refractivity contribution < 1.29 is 4.74 Å². The molecule has 0 amide bonds. The van der Waals surface area contributed by atoms with Crippen LogP contribution in [-0.2, 0) is 11.3 Å². The number of para-hydroxylation sites is 2. The maximum absolute atomic E-state index is 5.10. The summed E-state index contributed by atoms with van der Waals surface area (Å²) >= 11 is 0. The fraction of sp³-hybridized carbons (Fsp3) is 0.235. The van der Waals surface area contributed by atoms with E-state index in [1.54, 1.807) is 7.11 Å². The molecule has 0 radical (unpaired) electrons. The Morgan fingerprint density at radius 2 is 1.81 bits per heavy atom. The van der Waals surface area contributed by atoms with Gasteiger partial charge in [-0.1, -0.05) is 42.5 Å². The first-order valence-corrected chi connectivity index (χ1v) is 7.10. The predicted octanol–water partition coefficient (Wildman–Crippen LogP) is 3.14. The molecule has 0 aliphatic heterocycles. The van der Waals surface area contributed by atoms with Crippen molar-refractivity contribution in [2.45, 2.75) is 6.54 Å². The number of anilines is 1. The lowest BCUT2D eigenvalue weighted by atomic mass is 10.2. The van der Waals surface area contributed by atoms with Crippen molar-refractivity contribution >= 4 is 17.0 Å².